The van der Waals surface area contributed by atoms with Crippen LogP contribution in [0.2, 0.25) is 0 Å². The summed E-state index contributed by atoms with van der Waals surface area (Å²) in [6, 6.07) is 12.1. The van der Waals surface area contributed by atoms with E-state index < -0.39 is 0 Å². The summed E-state index contributed by atoms with van der Waals surface area (Å²) in [7, 11) is 0. The zero-order valence-electron chi connectivity index (χ0n) is 14.2. The molecule has 2 rings (SSSR count). The summed E-state index contributed by atoms with van der Waals surface area (Å²) in [5.74, 6) is 0. The molecule has 2 nitrogen and oxygen atoms in total. The summed E-state index contributed by atoms with van der Waals surface area (Å²) >= 11 is 0. The average Bonchev–Trinajstić information content (AvgIpc) is 2.47. The second-order valence-corrected chi connectivity index (χ2v) is 7.60. The summed E-state index contributed by atoms with van der Waals surface area (Å²) in [5, 5.41) is 3.95. The monoisotopic (exact) mass is 288 g/mol. The highest BCUT2D eigenvalue weighted by molar-refractivity contribution is 5.19. The molecular formula is C19H32N2. The van der Waals surface area contributed by atoms with E-state index in [0.29, 0.717) is 17.5 Å². The minimum Gasteiger partial charge on any atom is -0.307 e. The number of rotatable bonds is 5. The fourth-order valence-corrected chi connectivity index (χ4v) is 3.27. The molecule has 0 amide bonds. The van der Waals surface area contributed by atoms with Crippen LogP contribution in [0.3, 0.4) is 0 Å². The number of likely N-dealkylation sites (tertiary alicyclic amines) is 1. The Morgan fingerprint density at radius 1 is 1.14 bits per heavy atom. The highest BCUT2D eigenvalue weighted by Crippen LogP contribution is 2.30. The lowest BCUT2D eigenvalue weighted by molar-refractivity contribution is 0.188. The van der Waals surface area contributed by atoms with Crippen LogP contribution < -0.4 is 5.32 Å². The van der Waals surface area contributed by atoms with E-state index in [1.165, 1.54) is 44.5 Å². The molecule has 21 heavy (non-hydrogen) atoms. The molecule has 1 saturated heterocycles. The van der Waals surface area contributed by atoms with Gasteiger partial charge in [-0.2, -0.15) is 0 Å². The van der Waals surface area contributed by atoms with Gasteiger partial charge in [0.2, 0.25) is 0 Å². The summed E-state index contributed by atoms with van der Waals surface area (Å²) < 4.78 is 0. The summed E-state index contributed by atoms with van der Waals surface area (Å²) in [6.07, 6.45) is 3.74. The molecule has 1 N–H and O–H groups in total. The lowest BCUT2D eigenvalue weighted by Gasteiger charge is -2.36. The van der Waals surface area contributed by atoms with Crippen molar-refractivity contribution in [3.05, 3.63) is 35.9 Å². The maximum Gasteiger partial charge on any atom is 0.0327 e. The van der Waals surface area contributed by atoms with Crippen molar-refractivity contribution in [1.82, 2.24) is 10.2 Å². The van der Waals surface area contributed by atoms with Crippen molar-refractivity contribution in [3.63, 3.8) is 0 Å². The molecule has 1 atom stereocenters. The van der Waals surface area contributed by atoms with Crippen molar-refractivity contribution in [2.24, 2.45) is 5.41 Å². The second-order valence-electron chi connectivity index (χ2n) is 7.60. The van der Waals surface area contributed by atoms with Crippen LogP contribution >= 0.6 is 0 Å². The van der Waals surface area contributed by atoms with E-state index in [4.69, 9.17) is 0 Å². The molecule has 1 aromatic carbocycles. The van der Waals surface area contributed by atoms with Gasteiger partial charge in [0, 0.05) is 12.1 Å². The Labute approximate surface area is 130 Å². The smallest absolute Gasteiger partial charge is 0.0327 e. The van der Waals surface area contributed by atoms with Gasteiger partial charge in [-0.3, -0.25) is 0 Å². The van der Waals surface area contributed by atoms with E-state index in [2.05, 4.69) is 68.2 Å². The van der Waals surface area contributed by atoms with E-state index in [0.717, 1.165) is 0 Å². The summed E-state index contributed by atoms with van der Waals surface area (Å²) in [4.78, 5) is 2.56. The normalized spacial score (nSPS) is 19.6. The van der Waals surface area contributed by atoms with Crippen LogP contribution in [0.25, 0.3) is 0 Å². The zero-order chi connectivity index (χ0) is 15.3. The third kappa shape index (κ3) is 5.44. The Bertz CT molecular complexity index is 399. The molecule has 0 aromatic heterocycles. The van der Waals surface area contributed by atoms with Gasteiger partial charge in [0.1, 0.15) is 0 Å². The first-order chi connectivity index (χ1) is 9.98. The average molecular weight is 288 g/mol. The molecule has 1 aromatic rings. The standard InChI is InChI=1S/C19H32N2/c1-5-21-13-11-17(12-14-21)20-18(15-19(2,3)4)16-9-7-6-8-10-16/h6-10,17-18,20H,5,11-15H2,1-4H3. The van der Waals surface area contributed by atoms with E-state index in [1.54, 1.807) is 0 Å². The Kier molecular flexibility index (Phi) is 5.83. The predicted molar refractivity (Wildman–Crippen MR) is 91.5 cm³/mol. The maximum atomic E-state index is 3.95. The predicted octanol–water partition coefficient (Wildman–Crippen LogP) is 4.24. The van der Waals surface area contributed by atoms with Crippen LogP contribution in [-0.2, 0) is 0 Å². The van der Waals surface area contributed by atoms with Crippen molar-refractivity contribution in [2.45, 2.75) is 59.0 Å². The maximum absolute atomic E-state index is 3.95. The van der Waals surface area contributed by atoms with Crippen molar-refractivity contribution in [3.8, 4) is 0 Å². The lowest BCUT2D eigenvalue weighted by Crippen LogP contribution is -2.44. The van der Waals surface area contributed by atoms with Gasteiger partial charge in [-0.25, -0.2) is 0 Å². The molecule has 1 unspecified atom stereocenters. The third-order valence-electron chi connectivity index (χ3n) is 4.49. The van der Waals surface area contributed by atoms with E-state index >= 15 is 0 Å². The highest BCUT2D eigenvalue weighted by Gasteiger charge is 2.25. The number of hydrogen-bond donors (Lipinski definition) is 1. The first-order valence-electron chi connectivity index (χ1n) is 8.51. The fourth-order valence-electron chi connectivity index (χ4n) is 3.27. The van der Waals surface area contributed by atoms with Crippen LogP contribution in [0.15, 0.2) is 30.3 Å². The van der Waals surface area contributed by atoms with Gasteiger partial charge in [0.25, 0.3) is 0 Å². The number of piperidine rings is 1. The van der Waals surface area contributed by atoms with Crippen LogP contribution in [0.4, 0.5) is 0 Å². The molecule has 2 heteroatoms. The zero-order valence-corrected chi connectivity index (χ0v) is 14.2. The van der Waals surface area contributed by atoms with Crippen molar-refractivity contribution >= 4 is 0 Å². The molecule has 0 aliphatic carbocycles. The molecule has 1 fully saturated rings. The number of nitrogens with zero attached hydrogens (tertiary/aromatic N) is 1. The number of benzene rings is 1. The largest absolute Gasteiger partial charge is 0.307 e. The molecule has 0 radical (unpaired) electrons. The van der Waals surface area contributed by atoms with Crippen LogP contribution in [0, 0.1) is 5.41 Å². The lowest BCUT2D eigenvalue weighted by atomic mass is 9.84. The third-order valence-corrected chi connectivity index (χ3v) is 4.49. The van der Waals surface area contributed by atoms with Gasteiger partial charge < -0.3 is 10.2 Å². The van der Waals surface area contributed by atoms with E-state index in [-0.39, 0.29) is 0 Å². The van der Waals surface area contributed by atoms with Crippen LogP contribution in [0.1, 0.15) is 58.6 Å². The first kappa shape index (κ1) is 16.5. The quantitative estimate of drug-likeness (QED) is 0.872. The summed E-state index contributed by atoms with van der Waals surface area (Å²) in [5.41, 5.74) is 1.78. The van der Waals surface area contributed by atoms with Crippen LogP contribution in [0.5, 0.6) is 0 Å². The number of nitrogens with one attached hydrogen (secondary N) is 1. The van der Waals surface area contributed by atoms with Gasteiger partial charge in [0.15, 0.2) is 0 Å². The molecule has 1 heterocycles. The highest BCUT2D eigenvalue weighted by atomic mass is 15.1. The Morgan fingerprint density at radius 3 is 2.29 bits per heavy atom. The minimum atomic E-state index is 0.345. The molecule has 0 bridgehead atoms. The Balaban J connectivity index is 2.00. The SMILES string of the molecule is CCN1CCC(NC(CC(C)(C)C)c2ccccc2)CC1. The van der Waals surface area contributed by atoms with Crippen molar-refractivity contribution in [2.75, 3.05) is 19.6 Å². The minimum absolute atomic E-state index is 0.345. The van der Waals surface area contributed by atoms with E-state index in [9.17, 15) is 0 Å². The molecular weight excluding hydrogens is 256 g/mol. The first-order valence-corrected chi connectivity index (χ1v) is 8.51. The Hall–Kier alpha value is -0.860. The second kappa shape index (κ2) is 7.42. The number of hydrogen-bond acceptors (Lipinski definition) is 2. The van der Waals surface area contributed by atoms with Gasteiger partial charge in [-0.05, 0) is 49.9 Å². The fraction of sp³-hybridized carbons (Fsp3) is 0.684. The van der Waals surface area contributed by atoms with Gasteiger partial charge in [0.05, 0.1) is 0 Å². The van der Waals surface area contributed by atoms with Gasteiger partial charge in [-0.1, -0.05) is 58.0 Å². The Morgan fingerprint density at radius 2 is 1.76 bits per heavy atom. The summed E-state index contributed by atoms with van der Waals surface area (Å²) in [6.45, 7) is 13.0. The molecule has 0 saturated carbocycles. The van der Waals surface area contributed by atoms with Crippen molar-refractivity contribution in [1.29, 1.82) is 0 Å². The molecule has 118 valence electrons. The topological polar surface area (TPSA) is 15.3 Å². The van der Waals surface area contributed by atoms with Crippen molar-refractivity contribution < 1.29 is 0 Å². The molecule has 0 spiro atoms. The molecule has 1 aliphatic rings. The van der Waals surface area contributed by atoms with Gasteiger partial charge in [-0.15, -0.1) is 0 Å². The van der Waals surface area contributed by atoms with Gasteiger partial charge >= 0.3 is 0 Å². The van der Waals surface area contributed by atoms with E-state index in [1.807, 2.05) is 0 Å². The molecule has 1 aliphatic heterocycles. The van der Waals surface area contributed by atoms with Crippen LogP contribution in [-0.4, -0.2) is 30.6 Å².